The zero-order valence-electron chi connectivity index (χ0n) is 22.0. The highest BCUT2D eigenvalue weighted by Gasteiger charge is 2.24. The lowest BCUT2D eigenvalue weighted by molar-refractivity contribution is -0.117. The predicted molar refractivity (Wildman–Crippen MR) is 148 cm³/mol. The molecule has 0 unspecified atom stereocenters. The van der Waals surface area contributed by atoms with Crippen LogP contribution in [0.15, 0.2) is 84.9 Å². The molecule has 196 valence electrons. The fraction of sp³-hybridized carbons (Fsp3) is 0.233. The Morgan fingerprint density at radius 1 is 0.921 bits per heavy atom. The second-order valence-electron chi connectivity index (χ2n) is 9.22. The van der Waals surface area contributed by atoms with Crippen LogP contribution in [0.3, 0.4) is 0 Å². The molecule has 0 fully saturated rings. The van der Waals surface area contributed by atoms with Gasteiger partial charge in [-0.2, -0.15) is 5.10 Å². The van der Waals surface area contributed by atoms with Gasteiger partial charge in [0, 0.05) is 24.2 Å². The minimum atomic E-state index is -0.330. The third-order valence-electron chi connectivity index (χ3n) is 5.89. The summed E-state index contributed by atoms with van der Waals surface area (Å²) in [5.41, 5.74) is 2.83. The van der Waals surface area contributed by atoms with Gasteiger partial charge >= 0.3 is 0 Å². The summed E-state index contributed by atoms with van der Waals surface area (Å²) in [4.78, 5) is 28.4. The van der Waals surface area contributed by atoms with E-state index in [1.807, 2.05) is 80.6 Å². The first kappa shape index (κ1) is 26.5. The number of para-hydroxylation sites is 1. The molecule has 0 spiro atoms. The average molecular weight is 513 g/mol. The maximum atomic E-state index is 13.5. The molecule has 0 aliphatic carbocycles. The molecule has 0 radical (unpaired) electrons. The zero-order chi connectivity index (χ0) is 27.1. The van der Waals surface area contributed by atoms with Crippen LogP contribution in [0.5, 0.6) is 11.5 Å². The third-order valence-corrected chi connectivity index (χ3v) is 5.89. The second-order valence-corrected chi connectivity index (χ2v) is 9.22. The smallest absolute Gasteiger partial charge is 0.258 e. The number of nitrogens with zero attached hydrogens (tertiary/aromatic N) is 3. The molecule has 2 amide bonds. The van der Waals surface area contributed by atoms with Gasteiger partial charge in [0.25, 0.3) is 5.91 Å². The minimum Gasteiger partial charge on any atom is -0.497 e. The first-order valence-electron chi connectivity index (χ1n) is 12.4. The fourth-order valence-electron chi connectivity index (χ4n) is 4.15. The number of methoxy groups -OCH3 is 2. The molecule has 8 nitrogen and oxygen atoms in total. The average Bonchev–Trinajstić information content (AvgIpc) is 3.36. The zero-order valence-corrected chi connectivity index (χ0v) is 22.0. The van der Waals surface area contributed by atoms with Crippen LogP contribution in [-0.4, -0.2) is 53.8 Å². The highest BCUT2D eigenvalue weighted by atomic mass is 16.5. The minimum absolute atomic E-state index is 0.132. The van der Waals surface area contributed by atoms with Crippen molar-refractivity contribution in [3.63, 3.8) is 0 Å². The van der Waals surface area contributed by atoms with Gasteiger partial charge in [0.1, 0.15) is 23.9 Å². The van der Waals surface area contributed by atoms with Crippen molar-refractivity contribution < 1.29 is 19.1 Å². The van der Waals surface area contributed by atoms with Crippen molar-refractivity contribution >= 4 is 17.6 Å². The highest BCUT2D eigenvalue weighted by Crippen LogP contribution is 2.27. The standard InChI is InChI=1S/C30H32N4O4/c1-21(2)19-33(30(36)25-16-15-24(37-3)17-27(25)38-4)20-29(35)31-28-18-26(22-11-7-5-8-12-22)32-34(28)23-13-9-6-10-14-23/h5-18,21H,19-20H2,1-4H3,(H,31,35). The van der Waals surface area contributed by atoms with E-state index in [1.165, 1.54) is 12.0 Å². The molecule has 3 aromatic carbocycles. The summed E-state index contributed by atoms with van der Waals surface area (Å²) in [7, 11) is 3.05. The molecule has 0 saturated heterocycles. The van der Waals surface area contributed by atoms with Crippen LogP contribution in [-0.2, 0) is 4.79 Å². The first-order chi connectivity index (χ1) is 18.4. The molecule has 1 aromatic heterocycles. The van der Waals surface area contributed by atoms with Gasteiger partial charge in [0.05, 0.1) is 31.2 Å². The summed E-state index contributed by atoms with van der Waals surface area (Å²) in [6.07, 6.45) is 0. The number of rotatable bonds is 10. The molecule has 0 atom stereocenters. The summed E-state index contributed by atoms with van der Waals surface area (Å²) >= 11 is 0. The Kier molecular flexibility index (Phi) is 8.43. The number of carbonyl (C=O) groups excluding carboxylic acids is 2. The van der Waals surface area contributed by atoms with E-state index in [1.54, 1.807) is 30.0 Å². The molecular formula is C30H32N4O4. The molecule has 0 saturated carbocycles. The Morgan fingerprint density at radius 2 is 1.61 bits per heavy atom. The van der Waals surface area contributed by atoms with E-state index >= 15 is 0 Å². The lowest BCUT2D eigenvalue weighted by Crippen LogP contribution is -2.40. The van der Waals surface area contributed by atoms with E-state index in [0.717, 1.165) is 16.9 Å². The number of aromatic nitrogens is 2. The van der Waals surface area contributed by atoms with Crippen molar-refractivity contribution in [2.75, 3.05) is 32.6 Å². The van der Waals surface area contributed by atoms with Crippen molar-refractivity contribution in [1.29, 1.82) is 0 Å². The lowest BCUT2D eigenvalue weighted by Gasteiger charge is -2.25. The summed E-state index contributed by atoms with van der Waals surface area (Å²) in [6.45, 7) is 4.27. The summed E-state index contributed by atoms with van der Waals surface area (Å²) in [5, 5.41) is 7.72. The molecule has 4 rings (SSSR count). The predicted octanol–water partition coefficient (Wildman–Crippen LogP) is 5.29. The molecule has 4 aromatic rings. The van der Waals surface area contributed by atoms with Crippen LogP contribution in [0.25, 0.3) is 16.9 Å². The SMILES string of the molecule is COc1ccc(C(=O)N(CC(=O)Nc2cc(-c3ccccc3)nn2-c2ccccc2)CC(C)C)c(OC)c1. The fourth-order valence-corrected chi connectivity index (χ4v) is 4.15. The van der Waals surface area contributed by atoms with Crippen molar-refractivity contribution in [3.05, 3.63) is 90.5 Å². The van der Waals surface area contributed by atoms with Gasteiger partial charge in [-0.3, -0.25) is 9.59 Å². The van der Waals surface area contributed by atoms with E-state index in [4.69, 9.17) is 14.6 Å². The van der Waals surface area contributed by atoms with Gasteiger partial charge in [0.2, 0.25) is 5.91 Å². The van der Waals surface area contributed by atoms with Crippen LogP contribution in [0.1, 0.15) is 24.2 Å². The summed E-state index contributed by atoms with van der Waals surface area (Å²) in [6, 6.07) is 26.2. The molecule has 0 bridgehead atoms. The van der Waals surface area contributed by atoms with E-state index in [9.17, 15) is 9.59 Å². The number of hydrogen-bond donors (Lipinski definition) is 1. The number of carbonyl (C=O) groups is 2. The molecule has 1 heterocycles. The van der Waals surface area contributed by atoms with Gasteiger partial charge in [-0.25, -0.2) is 4.68 Å². The van der Waals surface area contributed by atoms with Crippen molar-refractivity contribution in [2.45, 2.75) is 13.8 Å². The number of ether oxygens (including phenoxy) is 2. The van der Waals surface area contributed by atoms with Crippen LogP contribution in [0.2, 0.25) is 0 Å². The van der Waals surface area contributed by atoms with E-state index < -0.39 is 0 Å². The summed E-state index contributed by atoms with van der Waals surface area (Å²) in [5.74, 6) is 1.00. The van der Waals surface area contributed by atoms with Crippen LogP contribution < -0.4 is 14.8 Å². The second kappa shape index (κ2) is 12.1. The third kappa shape index (κ3) is 6.21. The Labute approximate surface area is 222 Å². The first-order valence-corrected chi connectivity index (χ1v) is 12.4. The van der Waals surface area contributed by atoms with Gasteiger partial charge < -0.3 is 19.7 Å². The Balaban J connectivity index is 1.61. The molecule has 0 aliphatic heterocycles. The number of hydrogen-bond acceptors (Lipinski definition) is 5. The van der Waals surface area contributed by atoms with Gasteiger partial charge in [-0.15, -0.1) is 0 Å². The normalized spacial score (nSPS) is 10.8. The van der Waals surface area contributed by atoms with Gasteiger partial charge in [-0.1, -0.05) is 62.4 Å². The highest BCUT2D eigenvalue weighted by molar-refractivity contribution is 6.01. The van der Waals surface area contributed by atoms with Crippen molar-refractivity contribution in [3.8, 4) is 28.4 Å². The molecule has 0 aliphatic rings. The van der Waals surface area contributed by atoms with Crippen LogP contribution in [0, 0.1) is 5.92 Å². The largest absolute Gasteiger partial charge is 0.497 e. The van der Waals surface area contributed by atoms with Gasteiger partial charge in [-0.05, 0) is 30.2 Å². The quantitative estimate of drug-likeness (QED) is 0.312. The van der Waals surface area contributed by atoms with E-state index in [0.29, 0.717) is 29.4 Å². The number of anilines is 1. The number of amides is 2. The molecule has 38 heavy (non-hydrogen) atoms. The maximum absolute atomic E-state index is 13.5. The van der Waals surface area contributed by atoms with Gasteiger partial charge in [0.15, 0.2) is 0 Å². The lowest BCUT2D eigenvalue weighted by atomic mass is 10.1. The number of benzene rings is 3. The van der Waals surface area contributed by atoms with Crippen LogP contribution >= 0.6 is 0 Å². The van der Waals surface area contributed by atoms with Crippen molar-refractivity contribution in [1.82, 2.24) is 14.7 Å². The topological polar surface area (TPSA) is 85.7 Å². The van der Waals surface area contributed by atoms with E-state index in [2.05, 4.69) is 5.32 Å². The Hall–Kier alpha value is -4.59. The number of nitrogens with one attached hydrogen (secondary N) is 1. The Bertz CT molecular complexity index is 1380. The molecule has 1 N–H and O–H groups in total. The van der Waals surface area contributed by atoms with E-state index in [-0.39, 0.29) is 24.3 Å². The van der Waals surface area contributed by atoms with Crippen LogP contribution in [0.4, 0.5) is 5.82 Å². The molecule has 8 heteroatoms. The van der Waals surface area contributed by atoms with Crippen molar-refractivity contribution in [2.24, 2.45) is 5.92 Å². The maximum Gasteiger partial charge on any atom is 0.258 e. The summed E-state index contributed by atoms with van der Waals surface area (Å²) < 4.78 is 12.4. The monoisotopic (exact) mass is 512 g/mol. The Morgan fingerprint density at radius 3 is 2.24 bits per heavy atom. The molecular weight excluding hydrogens is 480 g/mol.